The van der Waals surface area contributed by atoms with E-state index in [2.05, 4.69) is 308 Å². The predicted molar refractivity (Wildman–Crippen MR) is 394 cm³/mol. The SMILES string of the molecule is c1ccc(-n2c3ccccc3c3cc(-c4ccnc(-n5c6ccccc6c6c5ccc5c7ccccc7n(-c7ccccc7)c56)n4)ccc32)cc1.c1ccc(-n2c3ccccc3c3cc(-c4ccnc(-n5c6ccccc6c6c7oc8ccccc8c7ccc65)n4)ccc32)cc1. The molecule has 448 valence electrons. The van der Waals surface area contributed by atoms with Gasteiger partial charge in [-0.3, -0.25) is 9.13 Å². The molecular formula is C86H53N9O. The minimum absolute atomic E-state index is 0.626. The second kappa shape index (κ2) is 21.2. The van der Waals surface area contributed by atoms with E-state index in [0.717, 1.165) is 99.9 Å². The van der Waals surface area contributed by atoms with Crippen molar-refractivity contribution in [3.8, 4) is 51.5 Å². The van der Waals surface area contributed by atoms with Crippen LogP contribution in [0.5, 0.6) is 0 Å². The molecule has 0 saturated carbocycles. The Hall–Kier alpha value is -13.2. The first-order chi connectivity index (χ1) is 47.7. The first-order valence-corrected chi connectivity index (χ1v) is 32.4. The molecule has 0 unspecified atom stereocenters. The fourth-order valence-electron chi connectivity index (χ4n) is 15.2. The Kier molecular flexibility index (Phi) is 11.8. The van der Waals surface area contributed by atoms with Crippen LogP contribution in [-0.4, -0.2) is 42.8 Å². The van der Waals surface area contributed by atoms with Crippen LogP contribution in [-0.2, 0) is 0 Å². The first kappa shape index (κ1) is 53.5. The third kappa shape index (κ3) is 8.06. The molecule has 0 N–H and O–H groups in total. The highest BCUT2D eigenvalue weighted by Gasteiger charge is 2.24. The van der Waals surface area contributed by atoms with E-state index in [9.17, 15) is 0 Å². The van der Waals surface area contributed by atoms with E-state index in [1.54, 1.807) is 0 Å². The Labute approximate surface area is 548 Å². The summed E-state index contributed by atoms with van der Waals surface area (Å²) in [5, 5.41) is 14.0. The fraction of sp³-hybridized carbons (Fsp3) is 0. The Morgan fingerprint density at radius 3 is 1.11 bits per heavy atom. The highest BCUT2D eigenvalue weighted by atomic mass is 16.3. The third-order valence-corrected chi connectivity index (χ3v) is 19.3. The van der Waals surface area contributed by atoms with Gasteiger partial charge in [0, 0.05) is 99.8 Å². The van der Waals surface area contributed by atoms with Gasteiger partial charge in [-0.15, -0.1) is 0 Å². The molecule has 0 aliphatic carbocycles. The molecule has 8 heterocycles. The summed E-state index contributed by atoms with van der Waals surface area (Å²) in [6.07, 6.45) is 3.74. The summed E-state index contributed by atoms with van der Waals surface area (Å²) in [5.41, 5.74) is 20.3. The van der Waals surface area contributed by atoms with Gasteiger partial charge in [-0.05, 0) is 127 Å². The molecule has 96 heavy (non-hydrogen) atoms. The minimum Gasteiger partial charge on any atom is -0.455 e. The number of furan rings is 1. The number of aromatic nitrogens is 9. The molecule has 0 amide bonds. The molecule has 10 nitrogen and oxygen atoms in total. The van der Waals surface area contributed by atoms with Crippen molar-refractivity contribution in [2.45, 2.75) is 0 Å². The van der Waals surface area contributed by atoms with Crippen molar-refractivity contribution in [1.82, 2.24) is 42.8 Å². The average Bonchev–Trinajstić information content (AvgIpc) is 1.56. The van der Waals surface area contributed by atoms with Gasteiger partial charge in [0.15, 0.2) is 0 Å². The van der Waals surface area contributed by atoms with Crippen molar-refractivity contribution in [2.24, 2.45) is 0 Å². The van der Waals surface area contributed by atoms with Crippen molar-refractivity contribution in [1.29, 1.82) is 0 Å². The number of para-hydroxylation sites is 9. The van der Waals surface area contributed by atoms with Crippen LogP contribution in [0.4, 0.5) is 0 Å². The lowest BCUT2D eigenvalue weighted by Crippen LogP contribution is -2.01. The molecule has 0 saturated heterocycles. The maximum atomic E-state index is 6.47. The number of nitrogens with zero attached hydrogens (tertiary/aromatic N) is 9. The van der Waals surface area contributed by atoms with Crippen LogP contribution in [0, 0.1) is 0 Å². The van der Waals surface area contributed by atoms with Gasteiger partial charge in [-0.2, -0.15) is 0 Å². The Morgan fingerprint density at radius 2 is 0.604 bits per heavy atom. The normalized spacial score (nSPS) is 12.0. The van der Waals surface area contributed by atoms with Crippen LogP contribution < -0.4 is 0 Å². The molecule has 13 aromatic carbocycles. The molecule has 21 aromatic rings. The summed E-state index contributed by atoms with van der Waals surface area (Å²) < 4.78 is 17.9. The summed E-state index contributed by atoms with van der Waals surface area (Å²) >= 11 is 0. The predicted octanol–water partition coefficient (Wildman–Crippen LogP) is 21.7. The molecule has 0 aliphatic rings. The van der Waals surface area contributed by atoms with E-state index in [0.29, 0.717) is 11.9 Å². The van der Waals surface area contributed by atoms with Gasteiger partial charge < -0.3 is 18.1 Å². The topological polar surface area (TPSA) is 89.4 Å². The van der Waals surface area contributed by atoms with Crippen LogP contribution >= 0.6 is 0 Å². The second-order valence-corrected chi connectivity index (χ2v) is 24.5. The van der Waals surface area contributed by atoms with Crippen LogP contribution in [0.1, 0.15) is 0 Å². The number of hydrogen-bond donors (Lipinski definition) is 0. The largest absolute Gasteiger partial charge is 0.455 e. The smallest absolute Gasteiger partial charge is 0.235 e. The van der Waals surface area contributed by atoms with Gasteiger partial charge in [0.25, 0.3) is 0 Å². The van der Waals surface area contributed by atoms with Crippen molar-refractivity contribution < 1.29 is 4.42 Å². The Morgan fingerprint density at radius 1 is 0.240 bits per heavy atom. The molecule has 0 aliphatic heterocycles. The third-order valence-electron chi connectivity index (χ3n) is 19.3. The zero-order chi connectivity index (χ0) is 63.0. The molecule has 0 fully saturated rings. The summed E-state index contributed by atoms with van der Waals surface area (Å²) in [7, 11) is 0. The zero-order valence-electron chi connectivity index (χ0n) is 51.5. The minimum atomic E-state index is 0.626. The van der Waals surface area contributed by atoms with Crippen molar-refractivity contribution in [3.63, 3.8) is 0 Å². The lowest BCUT2D eigenvalue weighted by atomic mass is 10.1. The number of benzene rings is 13. The van der Waals surface area contributed by atoms with E-state index >= 15 is 0 Å². The van der Waals surface area contributed by atoms with Gasteiger partial charge in [0.05, 0.1) is 71.9 Å². The highest BCUT2D eigenvalue weighted by Crippen LogP contribution is 2.44. The van der Waals surface area contributed by atoms with Gasteiger partial charge >= 0.3 is 0 Å². The van der Waals surface area contributed by atoms with E-state index in [4.69, 9.17) is 24.4 Å². The number of hydrogen-bond acceptors (Lipinski definition) is 5. The fourth-order valence-corrected chi connectivity index (χ4v) is 15.2. The molecular weight excluding hydrogens is 1180 g/mol. The second-order valence-electron chi connectivity index (χ2n) is 24.5. The van der Waals surface area contributed by atoms with E-state index < -0.39 is 0 Å². The van der Waals surface area contributed by atoms with Crippen molar-refractivity contribution in [3.05, 3.63) is 322 Å². The van der Waals surface area contributed by atoms with Gasteiger partial charge in [-0.25, -0.2) is 19.9 Å². The molecule has 0 bridgehead atoms. The molecule has 0 atom stereocenters. The van der Waals surface area contributed by atoms with Gasteiger partial charge in [-0.1, -0.05) is 182 Å². The highest BCUT2D eigenvalue weighted by molar-refractivity contribution is 6.27. The molecule has 10 heteroatoms. The van der Waals surface area contributed by atoms with Gasteiger partial charge in [0.2, 0.25) is 11.9 Å². The van der Waals surface area contributed by atoms with Crippen LogP contribution in [0.3, 0.4) is 0 Å². The molecule has 0 radical (unpaired) electrons. The monoisotopic (exact) mass is 1230 g/mol. The van der Waals surface area contributed by atoms with E-state index in [1.807, 2.05) is 36.7 Å². The van der Waals surface area contributed by atoms with Gasteiger partial charge in [0.1, 0.15) is 11.2 Å². The standard InChI is InChI=1S/C46H29N5.C40H24N4O/c1-3-13-31(14-4-1)49-39-20-10-8-18-34(39)37-29-30(23-25-42(37)49)38-27-28-47-46(48-38)51-41-22-12-9-19-36(41)44-43(51)26-24-35-33-17-7-11-21-40(33)50(45(35)44)32-15-5-2-6-16-32;1-2-10-26(11-3-1)43-33-15-7-4-12-27(33)31-24-25(18-20-35(31)43)32-22-23-41-40(42-32)44-34-16-8-5-14-30(34)38-36(44)21-19-29-28-13-6-9-17-37(28)45-39(29)38/h1-29H;1-24H. The quantitative estimate of drug-likeness (QED) is 0.159. The number of rotatable bonds is 7. The lowest BCUT2D eigenvalue weighted by molar-refractivity contribution is 0.673. The van der Waals surface area contributed by atoms with Crippen LogP contribution in [0.15, 0.2) is 326 Å². The van der Waals surface area contributed by atoms with Crippen molar-refractivity contribution >= 4 is 131 Å². The zero-order valence-corrected chi connectivity index (χ0v) is 51.5. The summed E-state index contributed by atoms with van der Waals surface area (Å²) in [6.45, 7) is 0. The summed E-state index contributed by atoms with van der Waals surface area (Å²) in [5.74, 6) is 1.27. The average molecular weight is 1230 g/mol. The molecule has 0 spiro atoms. The van der Waals surface area contributed by atoms with E-state index in [1.165, 1.54) is 70.7 Å². The summed E-state index contributed by atoms with van der Waals surface area (Å²) in [4.78, 5) is 20.2. The Bertz CT molecular complexity index is 6710. The van der Waals surface area contributed by atoms with Crippen LogP contribution in [0.2, 0.25) is 0 Å². The maximum Gasteiger partial charge on any atom is 0.235 e. The molecule has 8 aromatic heterocycles. The molecule has 21 rings (SSSR count). The Balaban J connectivity index is 0.000000132. The maximum absolute atomic E-state index is 6.47. The van der Waals surface area contributed by atoms with Crippen molar-refractivity contribution in [2.75, 3.05) is 0 Å². The van der Waals surface area contributed by atoms with E-state index in [-0.39, 0.29) is 0 Å². The first-order valence-electron chi connectivity index (χ1n) is 32.4. The van der Waals surface area contributed by atoms with Crippen LogP contribution in [0.25, 0.3) is 182 Å². The number of fused-ring (bicyclic) bond motifs is 20. The lowest BCUT2D eigenvalue weighted by Gasteiger charge is -2.10. The summed E-state index contributed by atoms with van der Waals surface area (Å²) in [6, 6.07) is 109.